The SMILES string of the molecule is CC(=O)[O-].CC(=O)[O-].[CH2-]CN(CCO)CCO.[CH2-]CN(CCO)CCO.[Co+2].[H+].[H+]. The van der Waals surface area contributed by atoms with Crippen molar-refractivity contribution in [3.8, 4) is 0 Å². The Kier molecular flexibility index (Phi) is 45.0. The van der Waals surface area contributed by atoms with Gasteiger partial charge in [0.1, 0.15) is 0 Å². The van der Waals surface area contributed by atoms with Crippen LogP contribution in [0.2, 0.25) is 0 Å². The van der Waals surface area contributed by atoms with Gasteiger partial charge in [0.05, 0.1) is 26.4 Å². The van der Waals surface area contributed by atoms with E-state index in [-0.39, 0.29) is 46.1 Å². The fourth-order valence-corrected chi connectivity index (χ4v) is 1.24. The van der Waals surface area contributed by atoms with E-state index in [1.807, 2.05) is 9.80 Å². The molecule has 1 radical (unpaired) electrons. The van der Waals surface area contributed by atoms with E-state index in [9.17, 15) is 0 Å². The predicted molar refractivity (Wildman–Crippen MR) is 95.5 cm³/mol. The fraction of sp³-hybridized carbons (Fsp3) is 0.750. The molecule has 0 bridgehead atoms. The second-order valence-electron chi connectivity index (χ2n) is 4.56. The van der Waals surface area contributed by atoms with Crippen molar-refractivity contribution in [1.29, 1.82) is 0 Å². The number of aliphatic hydroxyl groups excluding tert-OH is 4. The Bertz CT molecular complexity index is 262. The van der Waals surface area contributed by atoms with Crippen LogP contribution in [0.4, 0.5) is 0 Å². The van der Waals surface area contributed by atoms with Crippen molar-refractivity contribution in [2.45, 2.75) is 13.8 Å². The molecule has 0 rings (SSSR count). The molecule has 0 spiro atoms. The first-order chi connectivity index (χ1) is 12.2. The van der Waals surface area contributed by atoms with Crippen LogP contribution < -0.4 is 10.2 Å². The Morgan fingerprint density at radius 2 is 0.889 bits per heavy atom. The van der Waals surface area contributed by atoms with E-state index in [0.717, 1.165) is 13.8 Å². The maximum atomic E-state index is 8.89. The van der Waals surface area contributed by atoms with Crippen molar-refractivity contribution in [1.82, 2.24) is 9.80 Å². The molecule has 0 saturated carbocycles. The molecule has 0 aliphatic heterocycles. The van der Waals surface area contributed by atoms with Gasteiger partial charge in [-0.15, -0.1) is 13.1 Å². The van der Waals surface area contributed by atoms with E-state index >= 15 is 0 Å². The van der Waals surface area contributed by atoms with Crippen molar-refractivity contribution in [3.63, 3.8) is 0 Å². The third-order valence-electron chi connectivity index (χ3n) is 2.30. The van der Waals surface area contributed by atoms with Crippen LogP contribution in [0.25, 0.3) is 0 Å². The first kappa shape index (κ1) is 37.0. The molecule has 0 aromatic heterocycles. The van der Waals surface area contributed by atoms with Gasteiger partial charge >= 0.3 is 19.6 Å². The van der Waals surface area contributed by atoms with Crippen molar-refractivity contribution in [2.24, 2.45) is 0 Å². The third kappa shape index (κ3) is 58.7. The van der Waals surface area contributed by atoms with Gasteiger partial charge in [-0.2, -0.15) is 0 Å². The fourth-order valence-electron chi connectivity index (χ4n) is 1.24. The zero-order valence-electron chi connectivity index (χ0n) is 18.1. The standard InChI is InChI=1S/2C6H14NO2.2C2H4O2.Co/c2*1-2-7(3-5-8)4-6-9;2*1-2(3)4;/h2*8-9H,1-6H2;2*1H3,(H,3,4);/q2*-1;;;+2. The van der Waals surface area contributed by atoms with Crippen LogP contribution in [0.1, 0.15) is 16.7 Å². The molecular formula is C16H36CoN2O8. The molecule has 27 heavy (non-hydrogen) atoms. The normalized spacial score (nSPS) is 8.96. The van der Waals surface area contributed by atoms with Crippen LogP contribution in [-0.2, 0) is 26.4 Å². The van der Waals surface area contributed by atoms with E-state index in [1.165, 1.54) is 0 Å². The summed E-state index contributed by atoms with van der Waals surface area (Å²) in [6.45, 7) is 13.4. The van der Waals surface area contributed by atoms with Gasteiger partial charge < -0.3 is 63.9 Å². The number of carboxylic acids is 2. The summed E-state index contributed by atoms with van der Waals surface area (Å²) in [4.78, 5) is 21.5. The topological polar surface area (TPSA) is 168 Å². The third-order valence-corrected chi connectivity index (χ3v) is 2.30. The van der Waals surface area contributed by atoms with Gasteiger partial charge in [0.2, 0.25) is 0 Å². The molecule has 0 saturated heterocycles. The second kappa shape index (κ2) is 32.8. The maximum absolute atomic E-state index is 8.89. The monoisotopic (exact) mass is 443 g/mol. The van der Waals surface area contributed by atoms with Crippen LogP contribution in [0.15, 0.2) is 0 Å². The molecular weight excluding hydrogens is 407 g/mol. The number of hydrogen-bond donors (Lipinski definition) is 4. The molecule has 0 aromatic rings. The number of carbonyl (C=O) groups is 2. The van der Waals surface area contributed by atoms with Crippen LogP contribution in [0, 0.1) is 13.8 Å². The molecule has 0 aromatic carbocycles. The van der Waals surface area contributed by atoms with Crippen molar-refractivity contribution >= 4 is 11.9 Å². The number of aliphatic carboxylic acids is 2. The minimum absolute atomic E-state index is 0. The van der Waals surface area contributed by atoms with Gasteiger partial charge in [0.15, 0.2) is 0 Å². The Hall–Kier alpha value is -0.794. The second-order valence-corrected chi connectivity index (χ2v) is 4.56. The van der Waals surface area contributed by atoms with E-state index in [1.54, 1.807) is 0 Å². The average molecular weight is 443 g/mol. The summed E-state index contributed by atoms with van der Waals surface area (Å²) in [6.07, 6.45) is 0. The van der Waals surface area contributed by atoms with E-state index in [2.05, 4.69) is 13.8 Å². The van der Waals surface area contributed by atoms with Gasteiger partial charge in [0.25, 0.3) is 0 Å². The Morgan fingerprint density at radius 1 is 0.741 bits per heavy atom. The molecule has 4 N–H and O–H groups in total. The number of carboxylic acid groups (broad SMARTS) is 2. The molecule has 0 atom stereocenters. The largest absolute Gasteiger partial charge is 2.00 e. The molecule has 0 aliphatic rings. The van der Waals surface area contributed by atoms with Gasteiger partial charge in [-0.25, -0.2) is 0 Å². The molecule has 11 heteroatoms. The Morgan fingerprint density at radius 3 is 0.963 bits per heavy atom. The molecule has 0 heterocycles. The summed E-state index contributed by atoms with van der Waals surface area (Å²) in [5.74, 6) is -2.17. The van der Waals surface area contributed by atoms with E-state index < -0.39 is 11.9 Å². The van der Waals surface area contributed by atoms with Crippen molar-refractivity contribution in [3.05, 3.63) is 13.8 Å². The number of rotatable bonds is 10. The van der Waals surface area contributed by atoms with Gasteiger partial charge in [0, 0.05) is 38.1 Å². The summed E-state index contributed by atoms with van der Waals surface area (Å²) < 4.78 is 0. The molecule has 10 nitrogen and oxygen atoms in total. The zero-order chi connectivity index (χ0) is 21.4. The first-order valence-electron chi connectivity index (χ1n) is 7.98. The van der Waals surface area contributed by atoms with Crippen LogP contribution in [0.5, 0.6) is 0 Å². The average Bonchev–Trinajstić information content (AvgIpc) is 2.54. The quantitative estimate of drug-likeness (QED) is 0.244. The van der Waals surface area contributed by atoms with E-state index in [4.69, 9.17) is 40.2 Å². The molecule has 167 valence electrons. The number of carbonyl (C=O) groups excluding carboxylic acids is 2. The van der Waals surface area contributed by atoms with Gasteiger partial charge in [-0.05, 0) is 13.8 Å². The number of aliphatic hydroxyl groups is 4. The molecule has 0 amide bonds. The van der Waals surface area contributed by atoms with Crippen molar-refractivity contribution < 1.29 is 59.9 Å². The summed E-state index contributed by atoms with van der Waals surface area (Å²) >= 11 is 0. The predicted octanol–water partition coefficient (Wildman–Crippen LogP) is -4.05. The number of nitrogens with zero attached hydrogens (tertiary/aromatic N) is 2. The van der Waals surface area contributed by atoms with Gasteiger partial charge in [-0.3, -0.25) is 0 Å². The Balaban J connectivity index is -0.0000000458. The first-order valence-corrected chi connectivity index (χ1v) is 7.98. The summed E-state index contributed by atoms with van der Waals surface area (Å²) in [6, 6.07) is 0. The maximum Gasteiger partial charge on any atom is 2.00 e. The van der Waals surface area contributed by atoms with Crippen LogP contribution in [-0.4, -0.2) is 108 Å². The summed E-state index contributed by atoms with van der Waals surface area (Å²) in [5.41, 5.74) is 0. The van der Waals surface area contributed by atoms with Crippen LogP contribution >= 0.6 is 0 Å². The molecule has 0 unspecified atom stereocenters. The minimum Gasteiger partial charge on any atom is -0.550 e. The minimum atomic E-state index is -1.08. The van der Waals surface area contributed by atoms with Crippen LogP contribution in [0.3, 0.4) is 0 Å². The zero-order valence-corrected chi connectivity index (χ0v) is 17.2. The smallest absolute Gasteiger partial charge is 0.550 e. The Labute approximate surface area is 175 Å². The van der Waals surface area contributed by atoms with Gasteiger partial charge in [-0.1, -0.05) is 0 Å². The molecule has 0 fully saturated rings. The summed E-state index contributed by atoms with van der Waals surface area (Å²) in [5, 5.41) is 51.6. The van der Waals surface area contributed by atoms with E-state index in [0.29, 0.717) is 39.3 Å². The summed E-state index contributed by atoms with van der Waals surface area (Å²) in [7, 11) is 0. The number of hydrogen-bond acceptors (Lipinski definition) is 10. The molecule has 0 aliphatic carbocycles. The van der Waals surface area contributed by atoms with Crippen molar-refractivity contribution in [2.75, 3.05) is 65.7 Å².